The Labute approximate surface area is 105 Å². The number of halogens is 2. The summed E-state index contributed by atoms with van der Waals surface area (Å²) in [4.78, 5) is 0. The van der Waals surface area contributed by atoms with Gasteiger partial charge in [-0.3, -0.25) is 0 Å². The van der Waals surface area contributed by atoms with Gasteiger partial charge in [0.1, 0.15) is 5.82 Å². The molecule has 90 valence electrons. The van der Waals surface area contributed by atoms with E-state index in [1.54, 1.807) is 6.07 Å². The Bertz CT molecular complexity index is 328. The van der Waals surface area contributed by atoms with Gasteiger partial charge in [0.05, 0.1) is 6.10 Å². The summed E-state index contributed by atoms with van der Waals surface area (Å²) in [6.07, 6.45) is 4.80. The first-order chi connectivity index (χ1) is 7.65. The molecular weight excluding hydrogens is 271 g/mol. The number of aliphatic hydroxyl groups excluding tert-OH is 1. The van der Waals surface area contributed by atoms with Crippen molar-refractivity contribution < 1.29 is 9.50 Å². The van der Waals surface area contributed by atoms with Crippen LogP contribution in [0.2, 0.25) is 0 Å². The fourth-order valence-electron chi connectivity index (χ4n) is 1.69. The third kappa shape index (κ3) is 4.22. The molecule has 0 radical (unpaired) electrons. The normalized spacial score (nSPS) is 12.8. The van der Waals surface area contributed by atoms with Crippen molar-refractivity contribution in [2.24, 2.45) is 0 Å². The van der Waals surface area contributed by atoms with Crippen molar-refractivity contribution in [3.63, 3.8) is 0 Å². The molecule has 16 heavy (non-hydrogen) atoms. The molecule has 0 spiro atoms. The minimum absolute atomic E-state index is 0.284. The molecule has 0 heterocycles. The van der Waals surface area contributed by atoms with Gasteiger partial charge in [0.15, 0.2) is 0 Å². The molecule has 0 saturated carbocycles. The van der Waals surface area contributed by atoms with Gasteiger partial charge < -0.3 is 5.11 Å². The van der Waals surface area contributed by atoms with E-state index in [2.05, 4.69) is 22.9 Å². The highest BCUT2D eigenvalue weighted by atomic mass is 79.9. The molecule has 0 aliphatic heterocycles. The monoisotopic (exact) mass is 288 g/mol. The highest BCUT2D eigenvalue weighted by Crippen LogP contribution is 2.27. The van der Waals surface area contributed by atoms with Crippen LogP contribution in [0.25, 0.3) is 0 Å². The first-order valence-electron chi connectivity index (χ1n) is 5.78. The van der Waals surface area contributed by atoms with Gasteiger partial charge in [-0.15, -0.1) is 0 Å². The second-order valence-corrected chi connectivity index (χ2v) is 4.89. The zero-order chi connectivity index (χ0) is 12.0. The summed E-state index contributed by atoms with van der Waals surface area (Å²) in [5, 5.41) is 9.94. The van der Waals surface area contributed by atoms with Crippen molar-refractivity contribution in [1.29, 1.82) is 0 Å². The zero-order valence-electron chi connectivity index (χ0n) is 9.55. The lowest BCUT2D eigenvalue weighted by Gasteiger charge is -2.12. The van der Waals surface area contributed by atoms with Crippen molar-refractivity contribution in [3.05, 3.63) is 34.1 Å². The van der Waals surface area contributed by atoms with Gasteiger partial charge in [-0.1, -0.05) is 54.6 Å². The fourth-order valence-corrected chi connectivity index (χ4v) is 2.31. The van der Waals surface area contributed by atoms with Gasteiger partial charge in [-0.05, 0) is 24.1 Å². The van der Waals surface area contributed by atoms with E-state index in [-0.39, 0.29) is 5.82 Å². The van der Waals surface area contributed by atoms with Crippen LogP contribution in [-0.4, -0.2) is 5.11 Å². The largest absolute Gasteiger partial charge is 0.388 e. The Hall–Kier alpha value is -0.410. The number of benzene rings is 1. The number of hydrogen-bond acceptors (Lipinski definition) is 1. The number of aliphatic hydroxyl groups is 1. The fraction of sp³-hybridized carbons (Fsp3) is 0.538. The van der Waals surface area contributed by atoms with Crippen LogP contribution in [0.4, 0.5) is 4.39 Å². The van der Waals surface area contributed by atoms with E-state index in [4.69, 9.17) is 0 Å². The molecule has 1 rings (SSSR count). The molecular formula is C13H18BrFO. The van der Waals surface area contributed by atoms with Crippen molar-refractivity contribution >= 4 is 15.9 Å². The van der Waals surface area contributed by atoms with Crippen molar-refractivity contribution in [3.8, 4) is 0 Å². The second kappa shape index (κ2) is 7.02. The van der Waals surface area contributed by atoms with E-state index in [1.807, 2.05) is 0 Å². The van der Waals surface area contributed by atoms with Gasteiger partial charge >= 0.3 is 0 Å². The van der Waals surface area contributed by atoms with Crippen molar-refractivity contribution in [1.82, 2.24) is 0 Å². The van der Waals surface area contributed by atoms with Crippen LogP contribution < -0.4 is 0 Å². The summed E-state index contributed by atoms with van der Waals surface area (Å²) in [6.45, 7) is 2.16. The minimum atomic E-state index is -0.494. The third-order valence-electron chi connectivity index (χ3n) is 2.65. The molecule has 0 fully saturated rings. The molecule has 1 unspecified atom stereocenters. The molecule has 1 atom stereocenters. The summed E-state index contributed by atoms with van der Waals surface area (Å²) < 4.78 is 13.5. The van der Waals surface area contributed by atoms with Crippen molar-refractivity contribution in [2.45, 2.75) is 45.1 Å². The summed E-state index contributed by atoms with van der Waals surface area (Å²) in [7, 11) is 0. The van der Waals surface area contributed by atoms with Crippen LogP contribution in [0.3, 0.4) is 0 Å². The summed E-state index contributed by atoms with van der Waals surface area (Å²) in [6, 6.07) is 4.42. The predicted octanol–water partition coefficient (Wildman–Crippen LogP) is 4.59. The molecule has 0 amide bonds. The van der Waals surface area contributed by atoms with Crippen LogP contribution in [0.5, 0.6) is 0 Å². The van der Waals surface area contributed by atoms with Gasteiger partial charge in [0.25, 0.3) is 0 Å². The molecule has 1 aromatic rings. The average molecular weight is 289 g/mol. The lowest BCUT2D eigenvalue weighted by atomic mass is 10.0. The van der Waals surface area contributed by atoms with Crippen LogP contribution in [0.15, 0.2) is 22.7 Å². The Morgan fingerprint density at radius 2 is 2.06 bits per heavy atom. The predicted molar refractivity (Wildman–Crippen MR) is 67.8 cm³/mol. The van der Waals surface area contributed by atoms with E-state index >= 15 is 0 Å². The molecule has 0 bridgehead atoms. The topological polar surface area (TPSA) is 20.2 Å². The first kappa shape index (κ1) is 13.7. The van der Waals surface area contributed by atoms with E-state index in [0.717, 1.165) is 24.8 Å². The molecule has 0 aromatic heterocycles. The first-order valence-corrected chi connectivity index (χ1v) is 6.57. The Morgan fingerprint density at radius 3 is 2.69 bits per heavy atom. The van der Waals surface area contributed by atoms with E-state index in [0.29, 0.717) is 4.47 Å². The van der Waals surface area contributed by atoms with Gasteiger partial charge in [0, 0.05) is 4.47 Å². The maximum atomic E-state index is 12.9. The van der Waals surface area contributed by atoms with E-state index in [1.165, 1.54) is 25.0 Å². The standard InChI is InChI=1S/C13H18BrFO/c1-2-3-4-5-6-13(16)11-8-7-10(15)9-12(11)14/h7-9,13,16H,2-6H2,1H3. The lowest BCUT2D eigenvalue weighted by molar-refractivity contribution is 0.162. The molecule has 1 aromatic carbocycles. The Morgan fingerprint density at radius 1 is 1.31 bits per heavy atom. The average Bonchev–Trinajstić information content (AvgIpc) is 2.24. The summed E-state index contributed by atoms with van der Waals surface area (Å²) in [5.41, 5.74) is 0.776. The molecule has 0 saturated heterocycles. The zero-order valence-corrected chi connectivity index (χ0v) is 11.1. The molecule has 0 aliphatic rings. The van der Waals surface area contributed by atoms with Gasteiger partial charge in [-0.25, -0.2) is 4.39 Å². The number of unbranched alkanes of at least 4 members (excludes halogenated alkanes) is 3. The van der Waals surface area contributed by atoms with Crippen LogP contribution in [0.1, 0.15) is 50.7 Å². The van der Waals surface area contributed by atoms with Crippen LogP contribution in [0, 0.1) is 5.82 Å². The SMILES string of the molecule is CCCCCCC(O)c1ccc(F)cc1Br. The van der Waals surface area contributed by atoms with Gasteiger partial charge in [-0.2, -0.15) is 0 Å². The maximum absolute atomic E-state index is 12.9. The Kier molecular flexibility index (Phi) is 5.99. The number of hydrogen-bond donors (Lipinski definition) is 1. The summed E-state index contributed by atoms with van der Waals surface area (Å²) in [5.74, 6) is -0.284. The lowest BCUT2D eigenvalue weighted by Crippen LogP contribution is -1.99. The van der Waals surface area contributed by atoms with Crippen LogP contribution >= 0.6 is 15.9 Å². The Balaban J connectivity index is 2.49. The highest BCUT2D eigenvalue weighted by molar-refractivity contribution is 9.10. The smallest absolute Gasteiger partial charge is 0.124 e. The van der Waals surface area contributed by atoms with E-state index < -0.39 is 6.10 Å². The quantitative estimate of drug-likeness (QED) is 0.759. The van der Waals surface area contributed by atoms with Crippen molar-refractivity contribution in [2.75, 3.05) is 0 Å². The van der Waals surface area contributed by atoms with Gasteiger partial charge in [0.2, 0.25) is 0 Å². The maximum Gasteiger partial charge on any atom is 0.124 e. The molecule has 3 heteroatoms. The third-order valence-corrected chi connectivity index (χ3v) is 3.34. The second-order valence-electron chi connectivity index (χ2n) is 4.03. The van der Waals surface area contributed by atoms with Crippen LogP contribution in [-0.2, 0) is 0 Å². The minimum Gasteiger partial charge on any atom is -0.388 e. The highest BCUT2D eigenvalue weighted by Gasteiger charge is 2.11. The molecule has 0 aliphatic carbocycles. The number of rotatable bonds is 6. The summed E-state index contributed by atoms with van der Waals surface area (Å²) >= 11 is 3.27. The molecule has 1 N–H and O–H groups in total. The van der Waals surface area contributed by atoms with E-state index in [9.17, 15) is 9.50 Å². The molecule has 1 nitrogen and oxygen atoms in total.